The summed E-state index contributed by atoms with van der Waals surface area (Å²) in [4.78, 5) is 61.8. The summed E-state index contributed by atoms with van der Waals surface area (Å²) in [7, 11) is 1.44. The normalized spacial score (nSPS) is 26.6. The molecule has 1 N–H and O–H groups in total. The fraction of sp³-hybridized carbons (Fsp3) is 0.268. The Bertz CT molecular complexity index is 2210. The van der Waals surface area contributed by atoms with Crippen LogP contribution in [0.2, 0.25) is 5.02 Å². The number of aryl methyl sites for hydroxylation is 1. The number of allylic oxidation sites excluding steroid dienone is 2. The van der Waals surface area contributed by atoms with Gasteiger partial charge in [0, 0.05) is 15.4 Å². The highest BCUT2D eigenvalue weighted by Crippen LogP contribution is 2.66. The number of anilines is 2. The van der Waals surface area contributed by atoms with Crippen molar-refractivity contribution in [2.45, 2.75) is 37.5 Å². The molecule has 1 saturated carbocycles. The number of rotatable bonds is 6. The number of phenols is 1. The number of amides is 4. The number of ether oxygens (including phenoxy) is 1. The van der Waals surface area contributed by atoms with Gasteiger partial charge in [-0.05, 0) is 110 Å². The highest BCUT2D eigenvalue weighted by atomic mass is 79.9. The fourth-order valence-electron chi connectivity index (χ4n) is 9.20. The number of hydrogen-bond donors (Lipinski definition) is 1. The molecule has 0 unspecified atom stereocenters. The second kappa shape index (κ2) is 13.0. The largest absolute Gasteiger partial charge is 0.503 e. The van der Waals surface area contributed by atoms with Gasteiger partial charge in [0.1, 0.15) is 0 Å². The van der Waals surface area contributed by atoms with Crippen LogP contribution in [0.3, 0.4) is 0 Å². The summed E-state index contributed by atoms with van der Waals surface area (Å²) in [5, 5.41) is 11.4. The summed E-state index contributed by atoms with van der Waals surface area (Å²) >= 11 is 13.7. The van der Waals surface area contributed by atoms with Gasteiger partial charge in [0.15, 0.2) is 11.5 Å². The highest BCUT2D eigenvalue weighted by molar-refractivity contribution is 9.13. The lowest BCUT2D eigenvalue weighted by Crippen LogP contribution is -2.53. The van der Waals surface area contributed by atoms with Gasteiger partial charge >= 0.3 is 0 Å². The van der Waals surface area contributed by atoms with Gasteiger partial charge < -0.3 is 9.84 Å². The molecular weight excluding hydrogens is 812 g/mol. The van der Waals surface area contributed by atoms with Crippen LogP contribution in [0.25, 0.3) is 0 Å². The molecule has 3 fully saturated rings. The summed E-state index contributed by atoms with van der Waals surface area (Å²) < 4.78 is 6.42. The minimum absolute atomic E-state index is 0.135. The Kier molecular flexibility index (Phi) is 8.71. The molecule has 4 aliphatic rings. The molecule has 8 rings (SSSR count). The van der Waals surface area contributed by atoms with Crippen molar-refractivity contribution in [2.75, 3.05) is 16.9 Å². The van der Waals surface area contributed by atoms with E-state index in [1.54, 1.807) is 30.3 Å². The Morgan fingerprint density at radius 3 is 2.25 bits per heavy atom. The predicted molar refractivity (Wildman–Crippen MR) is 204 cm³/mol. The van der Waals surface area contributed by atoms with Crippen LogP contribution in [0.15, 0.2) is 106 Å². The molecular formula is C41H33Br2ClN2O6. The Hall–Kier alpha value is -4.25. The number of phenolic OH excluding ortho intramolecular Hbond substituents is 1. The third-order valence-corrected chi connectivity index (χ3v) is 13.9. The van der Waals surface area contributed by atoms with Crippen LogP contribution < -0.4 is 14.5 Å². The molecule has 8 nitrogen and oxygen atoms in total. The molecule has 2 saturated heterocycles. The van der Waals surface area contributed by atoms with E-state index in [1.165, 1.54) is 16.9 Å². The molecule has 2 heterocycles. The van der Waals surface area contributed by atoms with Crippen molar-refractivity contribution in [3.8, 4) is 11.5 Å². The van der Waals surface area contributed by atoms with Crippen LogP contribution in [0, 0.1) is 23.7 Å². The monoisotopic (exact) mass is 842 g/mol. The Balaban J connectivity index is 1.38. The number of imide groups is 2. The van der Waals surface area contributed by atoms with Crippen LogP contribution in [0.4, 0.5) is 11.4 Å². The first-order valence-electron chi connectivity index (χ1n) is 17.2. The van der Waals surface area contributed by atoms with E-state index < -0.39 is 46.8 Å². The quantitative estimate of drug-likeness (QED) is 0.154. The molecule has 4 aromatic carbocycles. The Morgan fingerprint density at radius 2 is 1.58 bits per heavy atom. The second-order valence-corrected chi connectivity index (χ2v) is 15.8. The maximum atomic E-state index is 15.5. The number of aromatic hydroxyl groups is 1. The number of halogens is 3. The summed E-state index contributed by atoms with van der Waals surface area (Å²) in [6.07, 6.45) is 3.27. The smallest absolute Gasteiger partial charge is 0.246 e. The van der Waals surface area contributed by atoms with Gasteiger partial charge in [-0.25, -0.2) is 4.90 Å². The zero-order chi connectivity index (χ0) is 36.6. The van der Waals surface area contributed by atoms with Gasteiger partial charge in [0.05, 0.1) is 46.1 Å². The Morgan fingerprint density at radius 1 is 0.846 bits per heavy atom. The lowest BCUT2D eigenvalue weighted by molar-refractivity contribution is -0.127. The molecule has 0 aromatic heterocycles. The second-order valence-electron chi connectivity index (χ2n) is 13.8. The molecule has 4 aromatic rings. The minimum atomic E-state index is -1.49. The molecule has 0 spiro atoms. The van der Waals surface area contributed by atoms with Crippen LogP contribution in [0.5, 0.6) is 11.5 Å². The first-order valence-corrected chi connectivity index (χ1v) is 19.1. The van der Waals surface area contributed by atoms with Crippen molar-refractivity contribution >= 4 is 78.5 Å². The van der Waals surface area contributed by atoms with Crippen molar-refractivity contribution in [2.24, 2.45) is 23.7 Å². The SMILES string of the molecule is CCc1ccc(N2C(=O)[C@H]3[C@H](CC=C4[C@H]3C[C@H]3C(=O)N(c5cccc(Cl)c5)C(=O)[C@@]3(c3ccccc3)[C@H]4c3cc(OC)c(O)c(Br)c3Br)C2=O)cc1. The molecule has 2 aliphatic carbocycles. The summed E-state index contributed by atoms with van der Waals surface area (Å²) in [5.41, 5.74) is 2.48. The number of methoxy groups -OCH3 is 1. The molecule has 4 amide bonds. The third kappa shape index (κ3) is 4.90. The maximum absolute atomic E-state index is 15.5. The minimum Gasteiger partial charge on any atom is -0.503 e. The molecule has 0 radical (unpaired) electrons. The van der Waals surface area contributed by atoms with Gasteiger partial charge in [-0.15, -0.1) is 0 Å². The lowest BCUT2D eigenvalue weighted by Gasteiger charge is -2.51. The zero-order valence-electron chi connectivity index (χ0n) is 28.2. The van der Waals surface area contributed by atoms with E-state index in [-0.39, 0.29) is 36.2 Å². The fourth-order valence-corrected chi connectivity index (χ4v) is 10.3. The van der Waals surface area contributed by atoms with Crippen molar-refractivity contribution < 1.29 is 29.0 Å². The molecule has 0 bridgehead atoms. The molecule has 52 heavy (non-hydrogen) atoms. The average Bonchev–Trinajstić information content (AvgIpc) is 3.55. The topological polar surface area (TPSA) is 104 Å². The number of hydrogen-bond acceptors (Lipinski definition) is 6. The van der Waals surface area contributed by atoms with E-state index in [1.807, 2.05) is 67.6 Å². The first kappa shape index (κ1) is 34.8. The highest BCUT2D eigenvalue weighted by Gasteiger charge is 2.70. The van der Waals surface area contributed by atoms with E-state index in [0.29, 0.717) is 36.5 Å². The van der Waals surface area contributed by atoms with Gasteiger partial charge in [0.2, 0.25) is 23.6 Å². The predicted octanol–water partition coefficient (Wildman–Crippen LogP) is 8.51. The Labute approximate surface area is 322 Å². The van der Waals surface area contributed by atoms with Gasteiger partial charge in [0.25, 0.3) is 0 Å². The number of fused-ring (bicyclic) bond motifs is 4. The first-order chi connectivity index (χ1) is 25.0. The molecule has 2 aliphatic heterocycles. The van der Waals surface area contributed by atoms with Crippen molar-refractivity contribution in [1.82, 2.24) is 0 Å². The number of carbonyl (C=O) groups is 4. The van der Waals surface area contributed by atoms with Crippen molar-refractivity contribution in [1.29, 1.82) is 0 Å². The molecule has 6 atom stereocenters. The molecule has 11 heteroatoms. The lowest BCUT2D eigenvalue weighted by atomic mass is 9.49. The van der Waals surface area contributed by atoms with Crippen LogP contribution in [0.1, 0.15) is 42.4 Å². The van der Waals surface area contributed by atoms with Crippen LogP contribution in [-0.4, -0.2) is 35.8 Å². The van der Waals surface area contributed by atoms with Crippen molar-refractivity contribution in [3.05, 3.63) is 127 Å². The third-order valence-electron chi connectivity index (χ3n) is 11.5. The number of nitrogens with zero attached hydrogens (tertiary/aromatic N) is 2. The van der Waals surface area contributed by atoms with Gasteiger partial charge in [-0.2, -0.15) is 0 Å². The number of benzene rings is 4. The zero-order valence-corrected chi connectivity index (χ0v) is 32.1. The van der Waals surface area contributed by atoms with Crippen LogP contribution in [-0.2, 0) is 31.0 Å². The summed E-state index contributed by atoms with van der Waals surface area (Å²) in [5.74, 6) is -5.07. The number of carbonyl (C=O) groups excluding carboxylic acids is 4. The van der Waals surface area contributed by atoms with E-state index in [0.717, 1.165) is 17.6 Å². The van der Waals surface area contributed by atoms with Gasteiger partial charge in [-0.1, -0.05) is 78.7 Å². The summed E-state index contributed by atoms with van der Waals surface area (Å²) in [6.45, 7) is 2.04. The van der Waals surface area contributed by atoms with Gasteiger partial charge in [-0.3, -0.25) is 24.1 Å². The summed E-state index contributed by atoms with van der Waals surface area (Å²) in [6, 6.07) is 25.1. The van der Waals surface area contributed by atoms with E-state index >= 15 is 4.79 Å². The standard InChI is InChI=1S/C41H33Br2ClN2O6/c1-3-21-12-14-24(15-13-21)45-37(48)27-17-16-26-28(32(27)39(45)50)19-30-38(49)46(25-11-7-10-23(44)18-25)40(51)41(30,22-8-5-4-6-9-22)33(26)29-20-31(52-2)36(47)35(43)34(29)42/h4-16,18,20,27-28,30,32-33,47H,3,17,19H2,1-2H3/t27-,28+,30-,32-,33+,41+/m0/s1. The van der Waals surface area contributed by atoms with E-state index in [2.05, 4.69) is 31.9 Å². The van der Waals surface area contributed by atoms with Crippen LogP contribution >= 0.6 is 43.5 Å². The van der Waals surface area contributed by atoms with E-state index in [9.17, 15) is 19.5 Å². The van der Waals surface area contributed by atoms with E-state index in [4.69, 9.17) is 16.3 Å². The molecule has 264 valence electrons. The van der Waals surface area contributed by atoms with Crippen molar-refractivity contribution in [3.63, 3.8) is 0 Å². The maximum Gasteiger partial charge on any atom is 0.246 e. The average molecular weight is 845 g/mol.